The molecule has 5 atom stereocenters. The lowest BCUT2D eigenvalue weighted by atomic mass is 9.95. The summed E-state index contributed by atoms with van der Waals surface area (Å²) in [4.78, 5) is 51.0. The number of amides is 3. The molecule has 39 heavy (non-hydrogen) atoms. The number of aliphatic hydroxyl groups excluding tert-OH is 1. The molecule has 0 aliphatic rings. The van der Waals surface area contributed by atoms with Gasteiger partial charge in [-0.15, -0.1) is 0 Å². The predicted octanol–water partition coefficient (Wildman–Crippen LogP) is 3.11. The van der Waals surface area contributed by atoms with Gasteiger partial charge >= 0.3 is 12.1 Å². The number of hydrogen-bond acceptors (Lipinski definition) is 7. The van der Waals surface area contributed by atoms with Crippen LogP contribution in [0.4, 0.5) is 4.79 Å². The molecule has 0 aliphatic carbocycles. The van der Waals surface area contributed by atoms with E-state index in [2.05, 4.69) is 16.0 Å². The van der Waals surface area contributed by atoms with Crippen LogP contribution in [0.25, 0.3) is 0 Å². The zero-order valence-corrected chi connectivity index (χ0v) is 24.6. The number of alkyl carbamates (subject to hydrolysis) is 1. The third-order valence-corrected chi connectivity index (χ3v) is 6.18. The number of benzene rings is 1. The molecule has 0 saturated heterocycles. The van der Waals surface area contributed by atoms with Crippen LogP contribution in [0.5, 0.6) is 0 Å². The van der Waals surface area contributed by atoms with E-state index in [1.165, 1.54) is 7.11 Å². The van der Waals surface area contributed by atoms with E-state index >= 15 is 0 Å². The maximum absolute atomic E-state index is 13.3. The lowest BCUT2D eigenvalue weighted by molar-refractivity contribution is -0.145. The Morgan fingerprint density at radius 2 is 1.59 bits per heavy atom. The van der Waals surface area contributed by atoms with Gasteiger partial charge in [-0.2, -0.15) is 0 Å². The fourth-order valence-corrected chi connectivity index (χ4v) is 3.99. The molecule has 4 N–H and O–H groups in total. The molecule has 0 aromatic heterocycles. The second-order valence-corrected chi connectivity index (χ2v) is 11.4. The highest BCUT2D eigenvalue weighted by Crippen LogP contribution is 2.15. The van der Waals surface area contributed by atoms with Crippen LogP contribution in [-0.2, 0) is 30.3 Å². The number of carbonyl (C=O) groups is 4. The van der Waals surface area contributed by atoms with E-state index in [0.29, 0.717) is 12.8 Å². The normalized spacial score (nSPS) is 15.3. The Hall–Kier alpha value is -3.14. The standard InChI is InChI=1S/C29H47N3O7/c1-9-19(4)25(26(35)30-22(27(36)38-8)16-20-13-11-10-12-14-20)32-24(34)17-23(33)21(15-18(2)3)31-28(37)39-29(5,6)7/h10-14,18-19,21-23,25,33H,9,15-17H2,1-8H3,(H,30,35)(H,31,37)(H,32,34)/t19-,21-,22-,23-,25-/m0/s1. The third kappa shape index (κ3) is 13.0. The number of rotatable bonds is 14. The van der Waals surface area contributed by atoms with E-state index in [0.717, 1.165) is 5.56 Å². The van der Waals surface area contributed by atoms with E-state index in [1.54, 1.807) is 20.8 Å². The van der Waals surface area contributed by atoms with Crippen LogP contribution in [-0.4, -0.2) is 65.9 Å². The first-order chi connectivity index (χ1) is 18.2. The van der Waals surface area contributed by atoms with Gasteiger partial charge in [0.05, 0.1) is 25.7 Å². The van der Waals surface area contributed by atoms with Crippen molar-refractivity contribution in [2.45, 2.75) is 104 Å². The van der Waals surface area contributed by atoms with E-state index in [9.17, 15) is 24.3 Å². The van der Waals surface area contributed by atoms with Crippen LogP contribution < -0.4 is 16.0 Å². The molecule has 220 valence electrons. The van der Waals surface area contributed by atoms with Gasteiger partial charge in [0, 0.05) is 6.42 Å². The van der Waals surface area contributed by atoms with Crippen molar-refractivity contribution in [2.75, 3.05) is 7.11 Å². The lowest BCUT2D eigenvalue weighted by Gasteiger charge is -2.29. The smallest absolute Gasteiger partial charge is 0.407 e. The molecule has 0 saturated carbocycles. The number of carbonyl (C=O) groups excluding carboxylic acids is 4. The second-order valence-electron chi connectivity index (χ2n) is 11.4. The molecular weight excluding hydrogens is 502 g/mol. The van der Waals surface area contributed by atoms with Gasteiger partial charge in [-0.1, -0.05) is 64.4 Å². The van der Waals surface area contributed by atoms with Crippen LogP contribution >= 0.6 is 0 Å². The van der Waals surface area contributed by atoms with Crippen molar-refractivity contribution in [2.24, 2.45) is 11.8 Å². The molecular formula is C29H47N3O7. The molecule has 0 bridgehead atoms. The van der Waals surface area contributed by atoms with Gasteiger partial charge in [0.15, 0.2) is 0 Å². The maximum Gasteiger partial charge on any atom is 0.407 e. The number of nitrogens with one attached hydrogen (secondary N) is 3. The summed E-state index contributed by atoms with van der Waals surface area (Å²) in [5.74, 6) is -1.81. The van der Waals surface area contributed by atoms with Crippen molar-refractivity contribution in [3.05, 3.63) is 35.9 Å². The summed E-state index contributed by atoms with van der Waals surface area (Å²) in [6.45, 7) is 12.8. The van der Waals surface area contributed by atoms with Crippen LogP contribution in [0.15, 0.2) is 30.3 Å². The minimum Gasteiger partial charge on any atom is -0.467 e. The van der Waals surface area contributed by atoms with Gasteiger partial charge in [0.1, 0.15) is 17.7 Å². The van der Waals surface area contributed by atoms with Gasteiger partial charge < -0.3 is 30.5 Å². The predicted molar refractivity (Wildman–Crippen MR) is 149 cm³/mol. The molecule has 1 rings (SSSR count). The van der Waals surface area contributed by atoms with Crippen molar-refractivity contribution in [3.63, 3.8) is 0 Å². The van der Waals surface area contributed by atoms with E-state index in [1.807, 2.05) is 58.0 Å². The van der Waals surface area contributed by atoms with Gasteiger partial charge in [-0.25, -0.2) is 9.59 Å². The van der Waals surface area contributed by atoms with Crippen molar-refractivity contribution in [1.29, 1.82) is 0 Å². The van der Waals surface area contributed by atoms with Crippen molar-refractivity contribution >= 4 is 23.9 Å². The summed E-state index contributed by atoms with van der Waals surface area (Å²) in [7, 11) is 1.25. The fraction of sp³-hybridized carbons (Fsp3) is 0.655. The quantitative estimate of drug-likeness (QED) is 0.261. The summed E-state index contributed by atoms with van der Waals surface area (Å²) in [6.07, 6.45) is -0.996. The molecule has 10 heteroatoms. The zero-order chi connectivity index (χ0) is 29.8. The Morgan fingerprint density at radius 1 is 0.974 bits per heavy atom. The topological polar surface area (TPSA) is 143 Å². The zero-order valence-electron chi connectivity index (χ0n) is 24.6. The van der Waals surface area contributed by atoms with Crippen LogP contribution in [0.1, 0.15) is 73.3 Å². The lowest BCUT2D eigenvalue weighted by Crippen LogP contribution is -2.55. The third-order valence-electron chi connectivity index (χ3n) is 6.18. The first kappa shape index (κ1) is 33.9. The SMILES string of the molecule is CC[C@H](C)[C@H](NC(=O)C[C@H](O)[C@H](CC(C)C)NC(=O)OC(C)(C)C)C(=O)N[C@@H](Cc1ccccc1)C(=O)OC. The molecule has 0 fully saturated rings. The minimum atomic E-state index is -1.21. The highest BCUT2D eigenvalue weighted by Gasteiger charge is 2.32. The molecule has 0 radical (unpaired) electrons. The van der Waals surface area contributed by atoms with Crippen molar-refractivity contribution in [1.82, 2.24) is 16.0 Å². The number of methoxy groups -OCH3 is 1. The molecule has 0 unspecified atom stereocenters. The van der Waals surface area contributed by atoms with Crippen molar-refractivity contribution in [3.8, 4) is 0 Å². The number of aliphatic hydroxyl groups is 1. The summed E-state index contributed by atoms with van der Waals surface area (Å²) in [5, 5.41) is 19.0. The van der Waals surface area contributed by atoms with Gasteiger partial charge in [0.2, 0.25) is 11.8 Å². The van der Waals surface area contributed by atoms with Crippen LogP contribution in [0.3, 0.4) is 0 Å². The van der Waals surface area contributed by atoms with Gasteiger partial charge in [-0.3, -0.25) is 9.59 Å². The van der Waals surface area contributed by atoms with E-state index in [4.69, 9.17) is 9.47 Å². The van der Waals surface area contributed by atoms with Gasteiger partial charge in [-0.05, 0) is 44.6 Å². The molecule has 3 amide bonds. The Morgan fingerprint density at radius 3 is 2.10 bits per heavy atom. The highest BCUT2D eigenvalue weighted by atomic mass is 16.6. The molecule has 10 nitrogen and oxygen atoms in total. The average Bonchev–Trinajstić information content (AvgIpc) is 2.84. The monoisotopic (exact) mass is 549 g/mol. The molecule has 1 aromatic carbocycles. The summed E-state index contributed by atoms with van der Waals surface area (Å²) >= 11 is 0. The van der Waals surface area contributed by atoms with Crippen molar-refractivity contribution < 1.29 is 33.8 Å². The van der Waals surface area contributed by atoms with Crippen LogP contribution in [0, 0.1) is 11.8 Å². The molecule has 0 aliphatic heterocycles. The largest absolute Gasteiger partial charge is 0.467 e. The Labute approximate surface area is 232 Å². The summed E-state index contributed by atoms with van der Waals surface area (Å²) < 4.78 is 10.2. The number of hydrogen-bond donors (Lipinski definition) is 4. The summed E-state index contributed by atoms with van der Waals surface area (Å²) in [6, 6.07) is 6.61. The molecule has 0 spiro atoms. The fourth-order valence-electron chi connectivity index (χ4n) is 3.99. The van der Waals surface area contributed by atoms with Crippen LogP contribution in [0.2, 0.25) is 0 Å². The highest BCUT2D eigenvalue weighted by molar-refractivity contribution is 5.91. The molecule has 1 aromatic rings. The Kier molecular flexibility index (Phi) is 14.0. The van der Waals surface area contributed by atoms with Gasteiger partial charge in [0.25, 0.3) is 0 Å². The number of esters is 1. The first-order valence-electron chi connectivity index (χ1n) is 13.6. The Bertz CT molecular complexity index is 931. The van der Waals surface area contributed by atoms with E-state index < -0.39 is 53.7 Å². The summed E-state index contributed by atoms with van der Waals surface area (Å²) in [5.41, 5.74) is 0.128. The maximum atomic E-state index is 13.3. The molecule has 0 heterocycles. The average molecular weight is 550 g/mol. The minimum absolute atomic E-state index is 0.126. The second kappa shape index (κ2) is 16.1. The number of ether oxygens (including phenoxy) is 2. The first-order valence-corrected chi connectivity index (χ1v) is 13.6. The Balaban J connectivity index is 2.96. The van der Waals surface area contributed by atoms with E-state index in [-0.39, 0.29) is 24.7 Å².